The molecule has 0 aromatic rings. The lowest BCUT2D eigenvalue weighted by atomic mass is 10.1. The van der Waals surface area contributed by atoms with Gasteiger partial charge in [-0.2, -0.15) is 0 Å². The maximum atomic E-state index is 11.5. The smallest absolute Gasteiger partial charge is 0.226 e. The Hall–Kier alpha value is -0.830. The number of carbonyl (C=O) groups is 1. The average Bonchev–Trinajstić information content (AvgIpc) is 2.18. The van der Waals surface area contributed by atoms with Crippen LogP contribution in [0.3, 0.4) is 0 Å². The maximum absolute atomic E-state index is 11.5. The van der Waals surface area contributed by atoms with E-state index in [-0.39, 0.29) is 5.91 Å². The first-order valence-electron chi connectivity index (χ1n) is 4.83. The molecule has 0 aromatic heterocycles. The van der Waals surface area contributed by atoms with Crippen LogP contribution in [-0.2, 0) is 4.79 Å². The molecule has 1 N–H and O–H groups in total. The van der Waals surface area contributed by atoms with E-state index >= 15 is 0 Å². The van der Waals surface area contributed by atoms with Gasteiger partial charge in [-0.3, -0.25) is 4.79 Å². The molecule has 1 aliphatic rings. The second-order valence-electron chi connectivity index (χ2n) is 3.50. The molecule has 1 rings (SSSR count). The number of piperidine rings is 1. The van der Waals surface area contributed by atoms with E-state index in [9.17, 15) is 4.79 Å². The summed E-state index contributed by atoms with van der Waals surface area (Å²) < 4.78 is 0. The summed E-state index contributed by atoms with van der Waals surface area (Å²) in [6, 6.07) is 0.376. The van der Waals surface area contributed by atoms with Gasteiger partial charge in [0.1, 0.15) is 0 Å². The van der Waals surface area contributed by atoms with Gasteiger partial charge in [0, 0.05) is 26.1 Å². The van der Waals surface area contributed by atoms with Gasteiger partial charge in [-0.25, -0.2) is 0 Å². The van der Waals surface area contributed by atoms with Crippen molar-refractivity contribution in [3.63, 3.8) is 0 Å². The monoisotopic (exact) mass is 182 g/mol. The third-order valence-corrected chi connectivity index (χ3v) is 2.53. The maximum Gasteiger partial charge on any atom is 0.226 e. The van der Waals surface area contributed by atoms with Gasteiger partial charge in [0.25, 0.3) is 0 Å². The molecule has 1 heterocycles. The summed E-state index contributed by atoms with van der Waals surface area (Å²) in [5.41, 5.74) is 0. The molecule has 0 saturated carbocycles. The van der Waals surface area contributed by atoms with Crippen LogP contribution in [-0.4, -0.2) is 37.0 Å². The molecule has 0 spiro atoms. The molecule has 3 nitrogen and oxygen atoms in total. The zero-order valence-electron chi connectivity index (χ0n) is 8.25. The largest absolute Gasteiger partial charge is 0.341 e. The molecule has 0 bridgehead atoms. The molecular formula is C10H18N2O. The summed E-state index contributed by atoms with van der Waals surface area (Å²) in [6.07, 6.45) is 4.39. The normalized spacial score (nSPS) is 22.4. The minimum Gasteiger partial charge on any atom is -0.341 e. The van der Waals surface area contributed by atoms with Crippen LogP contribution in [0.25, 0.3) is 0 Å². The van der Waals surface area contributed by atoms with Crippen LogP contribution < -0.4 is 5.32 Å². The van der Waals surface area contributed by atoms with Gasteiger partial charge < -0.3 is 10.2 Å². The Balaban J connectivity index is 2.39. The first kappa shape index (κ1) is 10.3. The molecule has 74 valence electrons. The predicted octanol–water partition coefficient (Wildman–Crippen LogP) is 0.773. The van der Waals surface area contributed by atoms with E-state index in [0.717, 1.165) is 25.9 Å². The molecular weight excluding hydrogens is 164 g/mol. The quantitative estimate of drug-likeness (QED) is 0.654. The van der Waals surface area contributed by atoms with Gasteiger partial charge in [-0.05, 0) is 19.4 Å². The summed E-state index contributed by atoms with van der Waals surface area (Å²) in [5, 5.41) is 3.29. The minimum atomic E-state index is 0.170. The second kappa shape index (κ2) is 5.02. The van der Waals surface area contributed by atoms with E-state index in [0.29, 0.717) is 12.5 Å². The lowest BCUT2D eigenvalue weighted by Crippen LogP contribution is -2.46. The number of rotatable bonds is 3. The number of nitrogens with zero attached hydrogens (tertiary/aromatic N) is 1. The summed E-state index contributed by atoms with van der Waals surface area (Å²) in [7, 11) is 1.88. The number of hydrogen-bond acceptors (Lipinski definition) is 2. The van der Waals surface area contributed by atoms with Crippen molar-refractivity contribution in [3.05, 3.63) is 12.7 Å². The summed E-state index contributed by atoms with van der Waals surface area (Å²) in [6.45, 7) is 5.58. The summed E-state index contributed by atoms with van der Waals surface area (Å²) >= 11 is 0. The summed E-state index contributed by atoms with van der Waals surface area (Å²) in [5.74, 6) is 0.170. The first-order chi connectivity index (χ1) is 6.25. The van der Waals surface area contributed by atoms with E-state index in [2.05, 4.69) is 11.9 Å². The number of carbonyl (C=O) groups excluding carboxylic acids is 1. The molecule has 1 fully saturated rings. The van der Waals surface area contributed by atoms with Crippen LogP contribution in [0.2, 0.25) is 0 Å². The van der Waals surface area contributed by atoms with E-state index < -0.39 is 0 Å². The lowest BCUT2D eigenvalue weighted by Gasteiger charge is -2.31. The molecule has 0 aromatic carbocycles. The Labute approximate surface area is 79.8 Å². The molecule has 1 aliphatic heterocycles. The van der Waals surface area contributed by atoms with Crippen molar-refractivity contribution in [3.8, 4) is 0 Å². The van der Waals surface area contributed by atoms with E-state index in [4.69, 9.17) is 0 Å². The lowest BCUT2D eigenvalue weighted by molar-refractivity contribution is -0.131. The summed E-state index contributed by atoms with van der Waals surface area (Å²) in [4.78, 5) is 13.3. The Morgan fingerprint density at radius 1 is 1.77 bits per heavy atom. The first-order valence-corrected chi connectivity index (χ1v) is 4.83. The molecule has 0 aliphatic carbocycles. The van der Waals surface area contributed by atoms with Crippen molar-refractivity contribution in [1.82, 2.24) is 10.2 Å². The van der Waals surface area contributed by atoms with Gasteiger partial charge in [0.2, 0.25) is 5.91 Å². The van der Waals surface area contributed by atoms with Gasteiger partial charge in [0.15, 0.2) is 0 Å². The fraction of sp³-hybridized carbons (Fsp3) is 0.700. The Bertz CT molecular complexity index is 185. The van der Waals surface area contributed by atoms with Crippen LogP contribution in [0.5, 0.6) is 0 Å². The molecule has 1 saturated heterocycles. The molecule has 1 atom stereocenters. The highest BCUT2D eigenvalue weighted by molar-refractivity contribution is 5.77. The Kier molecular flexibility index (Phi) is 3.96. The Morgan fingerprint density at radius 3 is 3.08 bits per heavy atom. The van der Waals surface area contributed by atoms with Crippen molar-refractivity contribution in [1.29, 1.82) is 0 Å². The fourth-order valence-electron chi connectivity index (χ4n) is 1.64. The molecule has 1 amide bonds. The zero-order valence-corrected chi connectivity index (χ0v) is 8.25. The number of likely N-dealkylation sites (N-methyl/N-ethyl adjacent to an activating group) is 1. The van der Waals surface area contributed by atoms with Crippen LogP contribution in [0, 0.1) is 0 Å². The van der Waals surface area contributed by atoms with Crippen LogP contribution in [0.4, 0.5) is 0 Å². The molecule has 3 heteroatoms. The number of hydrogen-bond donors (Lipinski definition) is 1. The highest BCUT2D eigenvalue weighted by Gasteiger charge is 2.20. The van der Waals surface area contributed by atoms with Gasteiger partial charge >= 0.3 is 0 Å². The van der Waals surface area contributed by atoms with Crippen LogP contribution in [0.15, 0.2) is 12.7 Å². The standard InChI is InChI=1S/C10H18N2O/c1-3-5-10(13)12(2)9-6-4-7-11-8-9/h3,9,11H,1,4-8H2,2H3. The van der Waals surface area contributed by atoms with E-state index in [1.54, 1.807) is 6.08 Å². The third kappa shape index (κ3) is 2.84. The highest BCUT2D eigenvalue weighted by atomic mass is 16.2. The number of amides is 1. The van der Waals surface area contributed by atoms with E-state index in [1.807, 2.05) is 11.9 Å². The second-order valence-corrected chi connectivity index (χ2v) is 3.50. The van der Waals surface area contributed by atoms with Crippen LogP contribution >= 0.6 is 0 Å². The Morgan fingerprint density at radius 2 is 2.54 bits per heavy atom. The predicted molar refractivity (Wildman–Crippen MR) is 53.5 cm³/mol. The fourth-order valence-corrected chi connectivity index (χ4v) is 1.64. The SMILES string of the molecule is C=CCC(=O)N(C)C1CCCNC1. The van der Waals surface area contributed by atoms with Crippen molar-refractivity contribution in [2.24, 2.45) is 0 Å². The molecule has 13 heavy (non-hydrogen) atoms. The average molecular weight is 182 g/mol. The molecule has 1 unspecified atom stereocenters. The van der Waals surface area contributed by atoms with Crippen LogP contribution in [0.1, 0.15) is 19.3 Å². The van der Waals surface area contributed by atoms with Gasteiger partial charge in [0.05, 0.1) is 0 Å². The van der Waals surface area contributed by atoms with Crippen molar-refractivity contribution < 1.29 is 4.79 Å². The van der Waals surface area contributed by atoms with Crippen molar-refractivity contribution in [2.75, 3.05) is 20.1 Å². The third-order valence-electron chi connectivity index (χ3n) is 2.53. The van der Waals surface area contributed by atoms with Crippen molar-refractivity contribution in [2.45, 2.75) is 25.3 Å². The van der Waals surface area contributed by atoms with Gasteiger partial charge in [-0.15, -0.1) is 6.58 Å². The topological polar surface area (TPSA) is 32.3 Å². The highest BCUT2D eigenvalue weighted by Crippen LogP contribution is 2.09. The van der Waals surface area contributed by atoms with Crippen molar-refractivity contribution >= 4 is 5.91 Å². The molecule has 0 radical (unpaired) electrons. The zero-order chi connectivity index (χ0) is 9.68. The van der Waals surface area contributed by atoms with E-state index in [1.165, 1.54) is 0 Å². The van der Waals surface area contributed by atoms with Gasteiger partial charge in [-0.1, -0.05) is 6.08 Å². The minimum absolute atomic E-state index is 0.170. The number of nitrogens with one attached hydrogen (secondary N) is 1.